The third-order valence-electron chi connectivity index (χ3n) is 5.82. The van der Waals surface area contributed by atoms with Gasteiger partial charge < -0.3 is 0 Å². The topological polar surface area (TPSA) is 0 Å². The third-order valence-corrected chi connectivity index (χ3v) is 5.82. The second kappa shape index (κ2) is 9.09. The quantitative estimate of drug-likeness (QED) is 0.447. The summed E-state index contributed by atoms with van der Waals surface area (Å²) in [5.74, 6) is 0.580. The lowest BCUT2D eigenvalue weighted by atomic mass is 9.62. The van der Waals surface area contributed by atoms with Crippen molar-refractivity contribution in [1.29, 1.82) is 0 Å². The molecule has 0 heterocycles. The minimum atomic E-state index is -0.317. The Morgan fingerprint density at radius 1 is 1.03 bits per heavy atom. The average Bonchev–Trinajstić information content (AvgIpc) is 2.71. The van der Waals surface area contributed by atoms with Crippen LogP contribution in [-0.2, 0) is 5.41 Å². The highest BCUT2D eigenvalue weighted by Gasteiger charge is 2.40. The molecule has 0 spiro atoms. The fourth-order valence-electron chi connectivity index (χ4n) is 4.31. The monoisotopic (exact) mass is 380 g/mol. The van der Waals surface area contributed by atoms with Gasteiger partial charge in [-0.3, -0.25) is 0 Å². The van der Waals surface area contributed by atoms with E-state index in [1.54, 1.807) is 0 Å². The number of aryl methyl sites for hydroxylation is 1. The molecular formula is C29H32. The summed E-state index contributed by atoms with van der Waals surface area (Å²) < 4.78 is 0. The van der Waals surface area contributed by atoms with Gasteiger partial charge in [-0.05, 0) is 55.4 Å². The Morgan fingerprint density at radius 3 is 2.34 bits per heavy atom. The van der Waals surface area contributed by atoms with Gasteiger partial charge in [-0.25, -0.2) is 0 Å². The van der Waals surface area contributed by atoms with E-state index in [2.05, 4.69) is 118 Å². The molecule has 0 bridgehead atoms. The highest BCUT2D eigenvalue weighted by atomic mass is 14.4. The van der Waals surface area contributed by atoms with Gasteiger partial charge in [0, 0.05) is 0 Å². The Balaban J connectivity index is 2.35. The molecule has 1 aliphatic rings. The lowest BCUT2D eigenvalue weighted by molar-refractivity contribution is 0.670. The van der Waals surface area contributed by atoms with Gasteiger partial charge in [0.1, 0.15) is 0 Å². The lowest BCUT2D eigenvalue weighted by Gasteiger charge is -2.40. The normalized spacial score (nSPS) is 19.1. The molecule has 0 saturated heterocycles. The van der Waals surface area contributed by atoms with Crippen molar-refractivity contribution in [3.63, 3.8) is 0 Å². The molecule has 0 nitrogen and oxygen atoms in total. The van der Waals surface area contributed by atoms with E-state index in [9.17, 15) is 0 Å². The van der Waals surface area contributed by atoms with Crippen molar-refractivity contribution >= 4 is 0 Å². The van der Waals surface area contributed by atoms with Crippen molar-refractivity contribution in [3.8, 4) is 0 Å². The maximum atomic E-state index is 4.00. The predicted octanol–water partition coefficient (Wildman–Crippen LogP) is 7.88. The average molecular weight is 381 g/mol. The SMILES string of the molecule is C=C(C)/C=C\C=C(/C)C(C1=CCC(C)C=C1)(c1ccccc1)c1ccccc1C. The number of hydrogen-bond donors (Lipinski definition) is 0. The molecule has 2 unspecified atom stereocenters. The molecule has 2 aromatic rings. The van der Waals surface area contributed by atoms with Crippen molar-refractivity contribution in [2.45, 2.75) is 39.5 Å². The first-order chi connectivity index (χ1) is 14.0. The van der Waals surface area contributed by atoms with Crippen LogP contribution in [0.4, 0.5) is 0 Å². The van der Waals surface area contributed by atoms with Crippen molar-refractivity contribution in [1.82, 2.24) is 0 Å². The summed E-state index contributed by atoms with van der Waals surface area (Å²) >= 11 is 0. The standard InChI is InChI=1S/C29H32/c1-22(2)12-11-14-25(5)29(26-15-7-6-8-16-26,27-20-18-23(3)19-21-27)28-17-10-9-13-24(28)4/h6-18,20-21,23H,1,19H2,2-5H3/b12-11-,25-14+. The molecule has 0 heteroatoms. The van der Waals surface area contributed by atoms with Gasteiger partial charge in [-0.2, -0.15) is 0 Å². The highest BCUT2D eigenvalue weighted by Crippen LogP contribution is 2.48. The molecule has 0 aromatic heterocycles. The zero-order valence-corrected chi connectivity index (χ0v) is 18.2. The first-order valence-corrected chi connectivity index (χ1v) is 10.5. The Kier molecular flexibility index (Phi) is 6.54. The van der Waals surface area contributed by atoms with Gasteiger partial charge >= 0.3 is 0 Å². The van der Waals surface area contributed by atoms with Crippen molar-refractivity contribution in [2.24, 2.45) is 5.92 Å². The first-order valence-electron chi connectivity index (χ1n) is 10.5. The van der Waals surface area contributed by atoms with Crippen LogP contribution < -0.4 is 0 Å². The van der Waals surface area contributed by atoms with E-state index >= 15 is 0 Å². The second-order valence-electron chi connectivity index (χ2n) is 8.22. The first kappa shape index (κ1) is 20.9. The van der Waals surface area contributed by atoms with Gasteiger partial charge in [0.25, 0.3) is 0 Å². The fraction of sp³-hybridized carbons (Fsp3) is 0.241. The summed E-state index contributed by atoms with van der Waals surface area (Å²) in [6.45, 7) is 12.8. The van der Waals surface area contributed by atoms with Crippen molar-refractivity contribution in [3.05, 3.63) is 131 Å². The predicted molar refractivity (Wildman–Crippen MR) is 127 cm³/mol. The maximum Gasteiger partial charge on any atom is 0.0661 e. The minimum absolute atomic E-state index is 0.317. The number of allylic oxidation sites excluding steroid dienone is 9. The third kappa shape index (κ3) is 4.27. The summed E-state index contributed by atoms with van der Waals surface area (Å²) in [6.07, 6.45) is 14.6. The number of rotatable bonds is 6. The maximum absolute atomic E-state index is 4.00. The van der Waals surface area contributed by atoms with Gasteiger partial charge in [0.2, 0.25) is 0 Å². The summed E-state index contributed by atoms with van der Waals surface area (Å²) in [5, 5.41) is 0. The summed E-state index contributed by atoms with van der Waals surface area (Å²) in [4.78, 5) is 0. The molecule has 0 fully saturated rings. The molecule has 0 amide bonds. The van der Waals surface area contributed by atoms with E-state index in [4.69, 9.17) is 0 Å². The van der Waals surface area contributed by atoms with Crippen LogP contribution >= 0.6 is 0 Å². The summed E-state index contributed by atoms with van der Waals surface area (Å²) in [5.41, 5.74) is 7.35. The molecule has 148 valence electrons. The smallest absolute Gasteiger partial charge is 0.0661 e. The molecule has 3 rings (SSSR count). The number of hydrogen-bond acceptors (Lipinski definition) is 0. The zero-order chi connectivity index (χ0) is 20.9. The molecule has 2 aromatic carbocycles. The van der Waals surface area contributed by atoms with E-state index in [1.165, 1.54) is 27.8 Å². The lowest BCUT2D eigenvalue weighted by Crippen LogP contribution is -2.33. The van der Waals surface area contributed by atoms with Gasteiger partial charge in [0.05, 0.1) is 5.41 Å². The zero-order valence-electron chi connectivity index (χ0n) is 18.2. The molecule has 2 atom stereocenters. The molecule has 0 radical (unpaired) electrons. The van der Waals surface area contributed by atoms with E-state index in [0.717, 1.165) is 12.0 Å². The fourth-order valence-corrected chi connectivity index (χ4v) is 4.31. The van der Waals surface area contributed by atoms with Crippen LogP contribution in [-0.4, -0.2) is 0 Å². The van der Waals surface area contributed by atoms with Crippen LogP contribution in [0.25, 0.3) is 0 Å². The molecular weight excluding hydrogens is 348 g/mol. The van der Waals surface area contributed by atoms with Crippen LogP contribution in [0.15, 0.2) is 114 Å². The van der Waals surface area contributed by atoms with Gasteiger partial charge in [0.15, 0.2) is 0 Å². The summed E-state index contributed by atoms with van der Waals surface area (Å²) in [6, 6.07) is 19.7. The number of benzene rings is 2. The van der Waals surface area contributed by atoms with E-state index in [0.29, 0.717) is 5.92 Å². The Bertz CT molecular complexity index is 982. The molecule has 0 N–H and O–H groups in total. The summed E-state index contributed by atoms with van der Waals surface area (Å²) in [7, 11) is 0. The van der Waals surface area contributed by atoms with Crippen LogP contribution in [0.1, 0.15) is 43.9 Å². The van der Waals surface area contributed by atoms with Crippen LogP contribution in [0.3, 0.4) is 0 Å². The van der Waals surface area contributed by atoms with Crippen LogP contribution in [0.2, 0.25) is 0 Å². The van der Waals surface area contributed by atoms with Crippen molar-refractivity contribution in [2.75, 3.05) is 0 Å². The molecule has 1 aliphatic carbocycles. The Hall–Kier alpha value is -2.86. The highest BCUT2D eigenvalue weighted by molar-refractivity contribution is 5.62. The van der Waals surface area contributed by atoms with Gasteiger partial charge in [-0.1, -0.05) is 116 Å². The molecule has 0 saturated carbocycles. The van der Waals surface area contributed by atoms with E-state index in [-0.39, 0.29) is 5.41 Å². The largest absolute Gasteiger partial charge is 0.0961 e. The molecule has 29 heavy (non-hydrogen) atoms. The van der Waals surface area contributed by atoms with Crippen molar-refractivity contribution < 1.29 is 0 Å². The van der Waals surface area contributed by atoms with Crippen LogP contribution in [0, 0.1) is 12.8 Å². The second-order valence-corrected chi connectivity index (χ2v) is 8.22. The molecule has 0 aliphatic heterocycles. The van der Waals surface area contributed by atoms with Crippen LogP contribution in [0.5, 0.6) is 0 Å². The Morgan fingerprint density at radius 2 is 1.72 bits per heavy atom. The van der Waals surface area contributed by atoms with E-state index < -0.39 is 0 Å². The van der Waals surface area contributed by atoms with Gasteiger partial charge in [-0.15, -0.1) is 0 Å². The Labute approximate surface area is 176 Å². The van der Waals surface area contributed by atoms with E-state index in [1.807, 2.05) is 6.92 Å². The minimum Gasteiger partial charge on any atom is -0.0961 e.